The number of phenols is 1. The Labute approximate surface area is 388 Å². The fourth-order valence-corrected chi connectivity index (χ4v) is 11.0. The summed E-state index contributed by atoms with van der Waals surface area (Å²) in [5, 5.41) is 40.6. The summed E-state index contributed by atoms with van der Waals surface area (Å²) in [6.07, 6.45) is 0.0929. The second kappa shape index (κ2) is 19.0. The van der Waals surface area contributed by atoms with E-state index < -0.39 is 18.1 Å². The topological polar surface area (TPSA) is 203 Å². The lowest BCUT2D eigenvalue weighted by Gasteiger charge is -2.50. The molecule has 0 aliphatic carbocycles. The number of aliphatic hydroxyl groups excluding tert-OH is 1. The summed E-state index contributed by atoms with van der Waals surface area (Å²) in [5.74, 6) is -0.383. The standard InChI is InChI=1S/C48H58N10O7S/c1-27(2)44(48(63)58-24-34(59)18-39(58)47(62)51-29(4)31-10-12-32(13-11-31)45-30(5)50-26-66-45)41-20-42(54-65-41)64-25-43(61)56-15-14-37(28(3)22-56)55-16-17-57-33(23-55)21-49-46-38(57)19-36(52-53-46)35-8-6-7-9-40(35)60/h6-13,19-20,26-29,33-34,37,39,44,59-60H,14-18,21-25H2,1-5H3,(H,49,53)(H,51,62)/t28-,29-,33+,34+,37+,39-,44+/m0/s1. The summed E-state index contributed by atoms with van der Waals surface area (Å²) in [6.45, 7) is 14.1. The quantitative estimate of drug-likeness (QED) is 0.129. The Morgan fingerprint density at radius 3 is 2.56 bits per heavy atom. The summed E-state index contributed by atoms with van der Waals surface area (Å²) in [4.78, 5) is 55.2. The van der Waals surface area contributed by atoms with Crippen LogP contribution in [0.5, 0.6) is 11.6 Å². The first-order valence-electron chi connectivity index (χ1n) is 22.9. The van der Waals surface area contributed by atoms with Crippen molar-refractivity contribution in [2.75, 3.05) is 62.6 Å². The van der Waals surface area contributed by atoms with Gasteiger partial charge in [-0.15, -0.1) is 21.5 Å². The van der Waals surface area contributed by atoms with Gasteiger partial charge in [0.1, 0.15) is 17.7 Å². The number of piperazine rings is 1. The van der Waals surface area contributed by atoms with Crippen molar-refractivity contribution in [3.05, 3.63) is 83.2 Å². The molecule has 17 nitrogen and oxygen atoms in total. The van der Waals surface area contributed by atoms with Crippen LogP contribution in [0.2, 0.25) is 0 Å². The van der Waals surface area contributed by atoms with Gasteiger partial charge in [0.15, 0.2) is 18.2 Å². The maximum atomic E-state index is 14.2. The minimum Gasteiger partial charge on any atom is -0.507 e. The van der Waals surface area contributed by atoms with Crippen LogP contribution in [0.3, 0.4) is 0 Å². The van der Waals surface area contributed by atoms with Crippen molar-refractivity contribution in [3.63, 3.8) is 0 Å². The number of nitrogens with one attached hydrogen (secondary N) is 2. The Hall–Kier alpha value is -6.11. The van der Waals surface area contributed by atoms with Crippen LogP contribution in [0, 0.1) is 18.8 Å². The molecule has 3 fully saturated rings. The molecule has 0 spiro atoms. The average molecular weight is 919 g/mol. The van der Waals surface area contributed by atoms with Crippen LogP contribution < -0.4 is 20.3 Å². The van der Waals surface area contributed by atoms with Crippen LogP contribution in [-0.2, 0) is 14.4 Å². The van der Waals surface area contributed by atoms with Gasteiger partial charge in [-0.1, -0.05) is 57.2 Å². The molecule has 4 aliphatic rings. The highest BCUT2D eigenvalue weighted by Crippen LogP contribution is 2.38. The van der Waals surface area contributed by atoms with E-state index >= 15 is 0 Å². The summed E-state index contributed by atoms with van der Waals surface area (Å²) in [7, 11) is 0. The predicted molar refractivity (Wildman–Crippen MR) is 249 cm³/mol. The molecule has 0 saturated carbocycles. The van der Waals surface area contributed by atoms with Crippen LogP contribution in [0.1, 0.15) is 69.5 Å². The number of phenolic OH excluding ortho intramolecular Hbond substituents is 1. The first kappa shape index (κ1) is 45.1. The van der Waals surface area contributed by atoms with Crippen molar-refractivity contribution in [1.82, 2.24) is 40.4 Å². The predicted octanol–water partition coefficient (Wildman–Crippen LogP) is 5.08. The summed E-state index contributed by atoms with van der Waals surface area (Å²) in [6, 6.07) is 18.0. The fraction of sp³-hybridized carbons (Fsp3) is 0.479. The lowest BCUT2D eigenvalue weighted by atomic mass is 9.90. The van der Waals surface area contributed by atoms with E-state index in [1.165, 1.54) is 4.90 Å². The number of fused-ring (bicyclic) bond motifs is 3. The van der Waals surface area contributed by atoms with Crippen molar-refractivity contribution in [2.45, 2.75) is 83.6 Å². The number of para-hydroxylation sites is 1. The van der Waals surface area contributed by atoms with Crippen LogP contribution in [-0.4, -0.2) is 140 Å². The average Bonchev–Trinajstić information content (AvgIpc) is 4.07. The summed E-state index contributed by atoms with van der Waals surface area (Å²) < 4.78 is 11.5. The van der Waals surface area contributed by atoms with Crippen LogP contribution in [0.15, 0.2) is 70.7 Å². The number of piperidine rings is 1. The molecule has 7 heterocycles. The van der Waals surface area contributed by atoms with E-state index in [1.807, 2.05) is 80.6 Å². The van der Waals surface area contributed by atoms with E-state index in [-0.39, 0.29) is 78.6 Å². The normalized spacial score (nSPS) is 22.9. The highest BCUT2D eigenvalue weighted by atomic mass is 32.1. The number of carbonyl (C=O) groups excluding carboxylic acids is 3. The Balaban J connectivity index is 0.768. The maximum Gasteiger partial charge on any atom is 0.260 e. The van der Waals surface area contributed by atoms with E-state index in [0.717, 1.165) is 65.8 Å². The molecule has 0 radical (unpaired) electrons. The number of β-amino-alcohol motifs (C(OH)–C–C–N with tert-alkyl or cyclic N) is 1. The number of benzene rings is 2. The number of ether oxygens (including phenoxy) is 1. The zero-order valence-corrected chi connectivity index (χ0v) is 38.8. The molecule has 66 heavy (non-hydrogen) atoms. The molecule has 7 atom stereocenters. The molecular formula is C48H58N10O7S. The smallest absolute Gasteiger partial charge is 0.260 e. The Bertz CT molecular complexity index is 2550. The largest absolute Gasteiger partial charge is 0.507 e. The first-order valence-corrected chi connectivity index (χ1v) is 23.8. The second-order valence-electron chi connectivity index (χ2n) is 18.5. The number of anilines is 2. The summed E-state index contributed by atoms with van der Waals surface area (Å²) in [5.41, 5.74) is 7.03. The molecule has 0 unspecified atom stereocenters. The number of aromatic nitrogens is 4. The number of aromatic hydroxyl groups is 1. The van der Waals surface area contributed by atoms with Gasteiger partial charge in [-0.3, -0.25) is 19.3 Å². The third-order valence-electron chi connectivity index (χ3n) is 13.7. The Morgan fingerprint density at radius 2 is 1.82 bits per heavy atom. The molecule has 4 N–H and O–H groups in total. The van der Waals surface area contributed by atoms with Gasteiger partial charge in [-0.25, -0.2) is 4.98 Å². The number of nitrogens with zero attached hydrogens (tertiary/aromatic N) is 8. The molecule has 18 heteroatoms. The lowest BCUT2D eigenvalue weighted by Crippen LogP contribution is -2.62. The third-order valence-corrected chi connectivity index (χ3v) is 14.7. The molecule has 4 aliphatic heterocycles. The van der Waals surface area contributed by atoms with E-state index in [0.29, 0.717) is 30.4 Å². The Morgan fingerprint density at radius 1 is 1.02 bits per heavy atom. The van der Waals surface area contributed by atoms with Gasteiger partial charge >= 0.3 is 0 Å². The molecular weight excluding hydrogens is 861 g/mol. The molecule has 348 valence electrons. The van der Waals surface area contributed by atoms with Gasteiger partial charge in [0, 0.05) is 69.9 Å². The van der Waals surface area contributed by atoms with E-state index in [2.05, 4.69) is 47.7 Å². The monoisotopic (exact) mass is 918 g/mol. The van der Waals surface area contributed by atoms with E-state index in [4.69, 9.17) is 9.26 Å². The highest BCUT2D eigenvalue weighted by Gasteiger charge is 2.44. The van der Waals surface area contributed by atoms with Gasteiger partial charge in [0.25, 0.3) is 11.8 Å². The number of aliphatic hydroxyl groups is 1. The number of hydrogen-bond donors (Lipinski definition) is 4. The van der Waals surface area contributed by atoms with Gasteiger partial charge in [0.05, 0.1) is 45.7 Å². The third kappa shape index (κ3) is 9.18. The molecule has 3 amide bonds. The molecule has 3 aromatic heterocycles. The van der Waals surface area contributed by atoms with Gasteiger partial charge < -0.3 is 44.8 Å². The minimum atomic E-state index is -0.870. The maximum absolute atomic E-state index is 14.2. The van der Waals surface area contributed by atoms with E-state index in [1.54, 1.807) is 29.5 Å². The van der Waals surface area contributed by atoms with Crippen molar-refractivity contribution in [1.29, 1.82) is 0 Å². The highest BCUT2D eigenvalue weighted by molar-refractivity contribution is 7.13. The van der Waals surface area contributed by atoms with Crippen molar-refractivity contribution in [2.24, 2.45) is 11.8 Å². The number of aryl methyl sites for hydroxylation is 1. The second-order valence-corrected chi connectivity index (χ2v) is 19.3. The molecule has 5 aromatic rings. The van der Waals surface area contributed by atoms with E-state index in [9.17, 15) is 24.6 Å². The molecule has 0 bridgehead atoms. The lowest BCUT2D eigenvalue weighted by molar-refractivity contribution is -0.141. The number of thiazole rings is 1. The zero-order valence-electron chi connectivity index (χ0n) is 38.0. The van der Waals surface area contributed by atoms with Crippen molar-refractivity contribution in [3.8, 4) is 33.3 Å². The number of rotatable bonds is 12. The van der Waals surface area contributed by atoms with Gasteiger partial charge in [-0.2, -0.15) is 0 Å². The van der Waals surface area contributed by atoms with Crippen LogP contribution in [0.25, 0.3) is 21.7 Å². The number of likely N-dealkylation sites (tertiary alicyclic amines) is 2. The molecule has 2 aromatic carbocycles. The molecule has 9 rings (SSSR count). The van der Waals surface area contributed by atoms with Crippen LogP contribution in [0.4, 0.5) is 11.5 Å². The zero-order chi connectivity index (χ0) is 46.2. The minimum absolute atomic E-state index is 0.0133. The number of carbonyl (C=O) groups is 3. The SMILES string of the molecule is Cc1ncsc1-c1ccc([C@H](C)NC(=O)[C@@H]2C[C@@H](O)CN2C(=O)[C@@H](c2cc(OCC(=O)N3CC[C@@H](N4CCN5c6cc(-c7ccccc7O)nnc6NC[C@@H]5C4)[C@@H](C)C3)no2)C(C)C)cc1. The van der Waals surface area contributed by atoms with Crippen molar-refractivity contribution >= 4 is 40.6 Å². The Kier molecular flexibility index (Phi) is 13.0. The van der Waals surface area contributed by atoms with Gasteiger partial charge in [0.2, 0.25) is 11.8 Å². The first-order chi connectivity index (χ1) is 31.8. The number of amides is 3. The number of hydrogen-bond acceptors (Lipinski definition) is 15. The van der Waals surface area contributed by atoms with Gasteiger partial charge in [-0.05, 0) is 66.6 Å². The molecule has 3 saturated heterocycles. The van der Waals surface area contributed by atoms with Crippen LogP contribution >= 0.6 is 11.3 Å². The van der Waals surface area contributed by atoms with Crippen molar-refractivity contribution < 1.29 is 33.9 Å². The fourth-order valence-electron chi connectivity index (χ4n) is 10.2. The summed E-state index contributed by atoms with van der Waals surface area (Å²) >= 11 is 1.58.